The van der Waals surface area contributed by atoms with Crippen molar-refractivity contribution in [3.05, 3.63) is 36.0 Å². The van der Waals surface area contributed by atoms with Crippen molar-refractivity contribution in [1.82, 2.24) is 4.57 Å². The van der Waals surface area contributed by atoms with Crippen LogP contribution in [0.1, 0.15) is 76.9 Å². The molecule has 0 amide bonds. The van der Waals surface area contributed by atoms with Gasteiger partial charge in [-0.15, -0.1) is 0 Å². The highest BCUT2D eigenvalue weighted by atomic mass is 28.4. The van der Waals surface area contributed by atoms with Crippen molar-refractivity contribution in [2.24, 2.45) is 0 Å². The Balaban J connectivity index is 1.51. The highest BCUT2D eigenvalue weighted by Crippen LogP contribution is 2.46. The Morgan fingerprint density at radius 1 is 0.962 bits per heavy atom. The van der Waals surface area contributed by atoms with E-state index in [9.17, 15) is 0 Å². The fraction of sp³-hybridized carbons (Fsp3) is 0.652. The third-order valence-corrected chi connectivity index (χ3v) is 11.6. The Bertz CT molecular complexity index is 773. The fourth-order valence-corrected chi connectivity index (χ4v) is 5.74. The van der Waals surface area contributed by atoms with Crippen LogP contribution in [0, 0.1) is 0 Å². The minimum atomic E-state index is -1.65. The largest absolute Gasteiger partial charge is 0.414 e. The maximum Gasteiger partial charge on any atom is 0.192 e. The predicted octanol–water partition coefficient (Wildman–Crippen LogP) is 7.02. The van der Waals surface area contributed by atoms with Gasteiger partial charge in [0.1, 0.15) is 0 Å². The summed E-state index contributed by atoms with van der Waals surface area (Å²) in [6, 6.07) is 12.1. The lowest BCUT2D eigenvalue weighted by Crippen LogP contribution is -2.44. The summed E-state index contributed by atoms with van der Waals surface area (Å²) >= 11 is 0. The summed E-state index contributed by atoms with van der Waals surface area (Å²) in [5, 5.41) is 1.73. The second-order valence-corrected chi connectivity index (χ2v) is 14.8. The molecule has 0 N–H and O–H groups in total. The number of hydrogen-bond donors (Lipinski definition) is 0. The van der Waals surface area contributed by atoms with Gasteiger partial charge in [-0.2, -0.15) is 0 Å². The molecule has 1 aromatic carbocycles. The smallest absolute Gasteiger partial charge is 0.192 e. The Hall–Kier alpha value is -1.06. The van der Waals surface area contributed by atoms with E-state index in [-0.39, 0.29) is 0 Å². The summed E-state index contributed by atoms with van der Waals surface area (Å²) in [7, 11) is -1.65. The molecule has 1 aromatic heterocycles. The van der Waals surface area contributed by atoms with Gasteiger partial charge < -0.3 is 8.99 Å². The summed E-state index contributed by atoms with van der Waals surface area (Å²) in [5.74, 6) is 0.809. The lowest BCUT2D eigenvalue weighted by atomic mass is 9.92. The maximum absolute atomic E-state index is 6.72. The van der Waals surface area contributed by atoms with Gasteiger partial charge in [0.2, 0.25) is 0 Å². The molecule has 0 radical (unpaired) electrons. The molecule has 3 heteroatoms. The molecular formula is C23H35NOSi. The van der Waals surface area contributed by atoms with Gasteiger partial charge in [0, 0.05) is 23.4 Å². The monoisotopic (exact) mass is 369 g/mol. The van der Waals surface area contributed by atoms with E-state index in [1.807, 2.05) is 0 Å². The Labute approximate surface area is 160 Å². The second kappa shape index (κ2) is 6.52. The van der Waals surface area contributed by atoms with E-state index in [1.54, 1.807) is 5.69 Å². The second-order valence-electron chi connectivity index (χ2n) is 10.1. The number of para-hydroxylation sites is 1. The lowest BCUT2D eigenvalue weighted by molar-refractivity contribution is 0.119. The Kier molecular flexibility index (Phi) is 4.59. The fourth-order valence-electron chi connectivity index (χ4n) is 4.31. The summed E-state index contributed by atoms with van der Waals surface area (Å²) in [6.07, 6.45) is 8.18. The van der Waals surface area contributed by atoms with Gasteiger partial charge in [-0.3, -0.25) is 0 Å². The number of hydrogen-bond acceptors (Lipinski definition) is 1. The zero-order valence-corrected chi connectivity index (χ0v) is 18.2. The molecular weight excluding hydrogens is 334 g/mol. The molecule has 26 heavy (non-hydrogen) atoms. The van der Waals surface area contributed by atoms with E-state index in [4.69, 9.17) is 4.43 Å². The first-order valence-corrected chi connectivity index (χ1v) is 13.4. The summed E-state index contributed by atoms with van der Waals surface area (Å²) in [5.41, 5.74) is 3.04. The van der Waals surface area contributed by atoms with Crippen molar-refractivity contribution in [2.45, 2.75) is 95.5 Å². The topological polar surface area (TPSA) is 14.2 Å². The van der Waals surface area contributed by atoms with Gasteiger partial charge in [0.25, 0.3) is 0 Å². The summed E-state index contributed by atoms with van der Waals surface area (Å²) < 4.78 is 9.42. The standard InChI is InChI=1S/C23H35NOSi/c1-23(2,3)26(4,5)25-20-14-12-19(13-15-20)24-21-9-7-6-8-18(21)16-22(24)17-10-11-17/h6-9,16-17,19-20H,10-15H2,1-5H3. The van der Waals surface area contributed by atoms with Crippen molar-refractivity contribution in [2.75, 3.05) is 0 Å². The molecule has 4 rings (SSSR count). The first-order chi connectivity index (χ1) is 12.3. The summed E-state index contributed by atoms with van der Waals surface area (Å²) in [6.45, 7) is 11.8. The van der Waals surface area contributed by atoms with Gasteiger partial charge >= 0.3 is 0 Å². The van der Waals surface area contributed by atoms with Crippen LogP contribution in [-0.4, -0.2) is 19.0 Å². The van der Waals surface area contributed by atoms with E-state index < -0.39 is 8.32 Å². The van der Waals surface area contributed by atoms with Crippen molar-refractivity contribution in [3.63, 3.8) is 0 Å². The van der Waals surface area contributed by atoms with E-state index >= 15 is 0 Å². The van der Waals surface area contributed by atoms with Crippen LogP contribution in [0.5, 0.6) is 0 Å². The van der Waals surface area contributed by atoms with Crippen LogP contribution < -0.4 is 0 Å². The molecule has 2 nitrogen and oxygen atoms in total. The van der Waals surface area contributed by atoms with Crippen LogP contribution in [-0.2, 0) is 4.43 Å². The number of benzene rings is 1. The quantitative estimate of drug-likeness (QED) is 0.528. The number of fused-ring (bicyclic) bond motifs is 1. The zero-order chi connectivity index (χ0) is 18.5. The van der Waals surface area contributed by atoms with Crippen LogP contribution in [0.2, 0.25) is 18.1 Å². The normalized spacial score (nSPS) is 25.0. The molecule has 0 aliphatic heterocycles. The molecule has 1 heterocycles. The number of rotatable bonds is 4. The third kappa shape index (κ3) is 3.40. The third-order valence-electron chi connectivity index (χ3n) is 7.05. The molecule has 2 aliphatic carbocycles. The van der Waals surface area contributed by atoms with Crippen LogP contribution in [0.15, 0.2) is 30.3 Å². The van der Waals surface area contributed by atoms with Crippen molar-refractivity contribution in [3.8, 4) is 0 Å². The first-order valence-electron chi connectivity index (χ1n) is 10.5. The van der Waals surface area contributed by atoms with E-state index in [0.717, 1.165) is 5.92 Å². The van der Waals surface area contributed by atoms with E-state index in [2.05, 4.69) is 68.8 Å². The predicted molar refractivity (Wildman–Crippen MR) is 113 cm³/mol. The average molecular weight is 370 g/mol. The molecule has 2 fully saturated rings. The molecule has 0 atom stereocenters. The molecule has 0 saturated heterocycles. The first kappa shape index (κ1) is 18.3. The molecule has 0 bridgehead atoms. The van der Waals surface area contributed by atoms with Crippen molar-refractivity contribution in [1.29, 1.82) is 0 Å². The van der Waals surface area contributed by atoms with Crippen LogP contribution >= 0.6 is 0 Å². The van der Waals surface area contributed by atoms with Crippen LogP contribution in [0.4, 0.5) is 0 Å². The average Bonchev–Trinajstić information content (AvgIpc) is 3.35. The lowest BCUT2D eigenvalue weighted by Gasteiger charge is -2.41. The molecule has 2 aromatic rings. The number of aromatic nitrogens is 1. The van der Waals surface area contributed by atoms with Crippen LogP contribution in [0.3, 0.4) is 0 Å². The molecule has 0 spiro atoms. The van der Waals surface area contributed by atoms with Gasteiger partial charge in [0.15, 0.2) is 8.32 Å². The summed E-state index contributed by atoms with van der Waals surface area (Å²) in [4.78, 5) is 0. The SMILES string of the molecule is CC(C)(C)[Si](C)(C)OC1CCC(n2c(C3CC3)cc3ccccc32)CC1. The Morgan fingerprint density at radius 2 is 1.62 bits per heavy atom. The van der Waals surface area contributed by atoms with Crippen molar-refractivity contribution < 1.29 is 4.43 Å². The number of nitrogens with zero attached hydrogens (tertiary/aromatic N) is 1. The molecule has 2 saturated carbocycles. The Morgan fingerprint density at radius 3 is 2.23 bits per heavy atom. The van der Waals surface area contributed by atoms with E-state index in [1.165, 1.54) is 49.4 Å². The molecule has 142 valence electrons. The van der Waals surface area contributed by atoms with Gasteiger partial charge in [-0.25, -0.2) is 0 Å². The van der Waals surface area contributed by atoms with Crippen LogP contribution in [0.25, 0.3) is 10.9 Å². The van der Waals surface area contributed by atoms with Crippen molar-refractivity contribution >= 4 is 19.2 Å². The minimum Gasteiger partial charge on any atom is -0.414 e. The molecule has 2 aliphatic rings. The highest BCUT2D eigenvalue weighted by Gasteiger charge is 2.40. The van der Waals surface area contributed by atoms with E-state index in [0.29, 0.717) is 17.2 Å². The van der Waals surface area contributed by atoms with Gasteiger partial charge in [0.05, 0.1) is 0 Å². The highest BCUT2D eigenvalue weighted by molar-refractivity contribution is 6.74. The molecule has 0 unspecified atom stereocenters. The zero-order valence-electron chi connectivity index (χ0n) is 17.2. The maximum atomic E-state index is 6.72. The minimum absolute atomic E-state index is 0.305. The van der Waals surface area contributed by atoms with Gasteiger partial charge in [-0.1, -0.05) is 39.0 Å². The van der Waals surface area contributed by atoms with Gasteiger partial charge in [-0.05, 0) is 80.1 Å².